The molecule has 2 heterocycles. The minimum Gasteiger partial charge on any atom is -0.493 e. The maximum atomic E-state index is 12.8. The van der Waals surface area contributed by atoms with Crippen LogP contribution < -0.4 is 15.0 Å². The highest BCUT2D eigenvalue weighted by molar-refractivity contribution is 6.31. The molecule has 1 aromatic heterocycles. The summed E-state index contributed by atoms with van der Waals surface area (Å²) in [6, 6.07) is 11.0. The molecule has 0 radical (unpaired) electrons. The minimum absolute atomic E-state index is 0.0280. The molecule has 1 aliphatic heterocycles. The molecular weight excluding hydrogens is 364 g/mol. The van der Waals surface area contributed by atoms with E-state index >= 15 is 0 Å². The highest BCUT2D eigenvalue weighted by atomic mass is 35.5. The standard InChI is InChI=1S/C21H19ClN2O3/c1-3-27-19-11-13(4-7-18(19)26-2)10-14-8-9-24-20(14)23-17-12-15(22)5-6-16(17)21(24)25/h4-7,10-12H,3,8-9H2,1-2H3. The highest BCUT2D eigenvalue weighted by Gasteiger charge is 2.21. The average Bonchev–Trinajstić information content (AvgIpc) is 3.05. The van der Waals surface area contributed by atoms with Gasteiger partial charge in [0.1, 0.15) is 5.82 Å². The number of rotatable bonds is 4. The van der Waals surface area contributed by atoms with Gasteiger partial charge in [-0.3, -0.25) is 9.36 Å². The molecular formula is C21H19ClN2O3. The molecule has 0 saturated carbocycles. The molecule has 3 aromatic rings. The molecule has 0 fully saturated rings. The van der Waals surface area contributed by atoms with Crippen LogP contribution in [-0.4, -0.2) is 23.3 Å². The zero-order valence-corrected chi connectivity index (χ0v) is 15.9. The third-order valence-electron chi connectivity index (χ3n) is 4.64. The topological polar surface area (TPSA) is 53.4 Å². The number of hydrogen-bond acceptors (Lipinski definition) is 4. The van der Waals surface area contributed by atoms with Gasteiger partial charge in [0.25, 0.3) is 5.56 Å². The van der Waals surface area contributed by atoms with Crippen molar-refractivity contribution in [1.29, 1.82) is 0 Å². The second-order valence-electron chi connectivity index (χ2n) is 6.32. The Morgan fingerprint density at radius 3 is 2.85 bits per heavy atom. The van der Waals surface area contributed by atoms with Gasteiger partial charge in [0.05, 0.1) is 24.6 Å². The van der Waals surface area contributed by atoms with Gasteiger partial charge in [-0.1, -0.05) is 17.7 Å². The van der Waals surface area contributed by atoms with Crippen LogP contribution in [0.4, 0.5) is 0 Å². The van der Waals surface area contributed by atoms with Crippen molar-refractivity contribution in [3.8, 4) is 11.5 Å². The van der Waals surface area contributed by atoms with Gasteiger partial charge in [-0.25, -0.2) is 4.98 Å². The number of allylic oxidation sites excluding steroid dienone is 1. The molecule has 4 rings (SSSR count). The molecule has 1 aliphatic rings. The predicted octanol–water partition coefficient (Wildman–Crippen LogP) is 4.40. The Morgan fingerprint density at radius 1 is 1.22 bits per heavy atom. The second kappa shape index (κ2) is 7.08. The summed E-state index contributed by atoms with van der Waals surface area (Å²) in [5.41, 5.74) is 2.58. The molecule has 0 unspecified atom stereocenters. The summed E-state index contributed by atoms with van der Waals surface area (Å²) in [7, 11) is 1.62. The van der Waals surface area contributed by atoms with Crippen LogP contribution in [0.15, 0.2) is 41.2 Å². The Hall–Kier alpha value is -2.79. The SMILES string of the molecule is CCOc1cc(C=C2CCn3c2nc2cc(Cl)ccc2c3=O)ccc1OC. The molecule has 0 N–H and O–H groups in total. The van der Waals surface area contributed by atoms with E-state index in [9.17, 15) is 4.79 Å². The van der Waals surface area contributed by atoms with E-state index in [1.807, 2.05) is 31.2 Å². The summed E-state index contributed by atoms with van der Waals surface area (Å²) in [6.07, 6.45) is 2.80. The van der Waals surface area contributed by atoms with Gasteiger partial charge in [0.15, 0.2) is 11.5 Å². The number of nitrogens with zero attached hydrogens (tertiary/aromatic N) is 2. The first-order valence-corrected chi connectivity index (χ1v) is 9.20. The lowest BCUT2D eigenvalue weighted by Crippen LogP contribution is -2.20. The number of hydrogen-bond donors (Lipinski definition) is 0. The minimum atomic E-state index is -0.0280. The largest absolute Gasteiger partial charge is 0.493 e. The van der Waals surface area contributed by atoms with Crippen LogP contribution in [0.1, 0.15) is 24.7 Å². The monoisotopic (exact) mass is 382 g/mol. The lowest BCUT2D eigenvalue weighted by Gasteiger charge is -2.10. The third-order valence-corrected chi connectivity index (χ3v) is 4.87. The van der Waals surface area contributed by atoms with Crippen LogP contribution in [0.2, 0.25) is 5.02 Å². The summed E-state index contributed by atoms with van der Waals surface area (Å²) < 4.78 is 12.7. The summed E-state index contributed by atoms with van der Waals surface area (Å²) >= 11 is 6.07. The van der Waals surface area contributed by atoms with Gasteiger partial charge < -0.3 is 9.47 Å². The Bertz CT molecular complexity index is 1120. The number of benzene rings is 2. The number of halogens is 1. The van der Waals surface area contributed by atoms with E-state index in [2.05, 4.69) is 0 Å². The molecule has 0 spiro atoms. The van der Waals surface area contributed by atoms with Crippen LogP contribution in [-0.2, 0) is 6.54 Å². The fraction of sp³-hybridized carbons (Fsp3) is 0.238. The highest BCUT2D eigenvalue weighted by Crippen LogP contribution is 2.32. The van der Waals surface area contributed by atoms with E-state index in [0.29, 0.717) is 46.4 Å². The van der Waals surface area contributed by atoms with Crippen molar-refractivity contribution in [1.82, 2.24) is 9.55 Å². The van der Waals surface area contributed by atoms with E-state index in [-0.39, 0.29) is 5.56 Å². The lowest BCUT2D eigenvalue weighted by molar-refractivity contribution is 0.311. The van der Waals surface area contributed by atoms with Gasteiger partial charge in [0.2, 0.25) is 0 Å². The predicted molar refractivity (Wildman–Crippen MR) is 108 cm³/mol. The van der Waals surface area contributed by atoms with Gasteiger partial charge >= 0.3 is 0 Å². The van der Waals surface area contributed by atoms with Crippen LogP contribution >= 0.6 is 11.6 Å². The fourth-order valence-electron chi connectivity index (χ4n) is 3.38. The molecule has 27 heavy (non-hydrogen) atoms. The molecule has 0 bridgehead atoms. The number of ether oxygens (including phenoxy) is 2. The van der Waals surface area contributed by atoms with Crippen LogP contribution in [0.5, 0.6) is 11.5 Å². The van der Waals surface area contributed by atoms with Crippen LogP contribution in [0.25, 0.3) is 22.6 Å². The van der Waals surface area contributed by atoms with Crippen molar-refractivity contribution in [3.63, 3.8) is 0 Å². The van der Waals surface area contributed by atoms with E-state index in [4.69, 9.17) is 26.1 Å². The third kappa shape index (κ3) is 3.19. The zero-order valence-electron chi connectivity index (χ0n) is 15.2. The summed E-state index contributed by atoms with van der Waals surface area (Å²) in [6.45, 7) is 3.12. The molecule has 0 amide bonds. The molecule has 0 atom stereocenters. The zero-order chi connectivity index (χ0) is 19.0. The van der Waals surface area contributed by atoms with E-state index in [1.54, 1.807) is 29.9 Å². The van der Waals surface area contributed by atoms with E-state index < -0.39 is 0 Å². The van der Waals surface area contributed by atoms with Gasteiger partial charge in [-0.2, -0.15) is 0 Å². The summed E-state index contributed by atoms with van der Waals surface area (Å²) in [5.74, 6) is 2.09. The van der Waals surface area contributed by atoms with Gasteiger partial charge in [0, 0.05) is 11.6 Å². The molecule has 5 nitrogen and oxygen atoms in total. The first kappa shape index (κ1) is 17.6. The number of aromatic nitrogens is 2. The molecule has 138 valence electrons. The van der Waals surface area contributed by atoms with Crippen molar-refractivity contribution in [3.05, 3.63) is 63.2 Å². The van der Waals surface area contributed by atoms with Crippen molar-refractivity contribution in [2.45, 2.75) is 19.9 Å². The Kier molecular flexibility index (Phi) is 4.62. The maximum absolute atomic E-state index is 12.8. The van der Waals surface area contributed by atoms with Gasteiger partial charge in [-0.15, -0.1) is 0 Å². The first-order valence-electron chi connectivity index (χ1n) is 8.82. The molecule has 2 aromatic carbocycles. The van der Waals surface area contributed by atoms with Crippen molar-refractivity contribution < 1.29 is 9.47 Å². The first-order chi connectivity index (χ1) is 13.1. The Morgan fingerprint density at radius 2 is 2.07 bits per heavy atom. The Balaban J connectivity index is 1.81. The lowest BCUT2D eigenvalue weighted by atomic mass is 10.1. The fourth-order valence-corrected chi connectivity index (χ4v) is 3.55. The van der Waals surface area contributed by atoms with E-state index in [1.165, 1.54) is 0 Å². The maximum Gasteiger partial charge on any atom is 0.261 e. The van der Waals surface area contributed by atoms with E-state index in [0.717, 1.165) is 17.6 Å². The average molecular weight is 383 g/mol. The summed E-state index contributed by atoms with van der Waals surface area (Å²) in [4.78, 5) is 17.5. The normalized spacial score (nSPS) is 14.6. The van der Waals surface area contributed by atoms with Crippen molar-refractivity contribution >= 4 is 34.2 Å². The van der Waals surface area contributed by atoms with Crippen LogP contribution in [0.3, 0.4) is 0 Å². The quantitative estimate of drug-likeness (QED) is 0.671. The number of fused-ring (bicyclic) bond motifs is 2. The van der Waals surface area contributed by atoms with Crippen molar-refractivity contribution in [2.24, 2.45) is 0 Å². The Labute approximate surface area is 161 Å². The number of methoxy groups -OCH3 is 1. The molecule has 0 saturated heterocycles. The smallest absolute Gasteiger partial charge is 0.261 e. The summed E-state index contributed by atoms with van der Waals surface area (Å²) in [5, 5.41) is 1.16. The molecule has 6 heteroatoms. The molecule has 0 aliphatic carbocycles. The van der Waals surface area contributed by atoms with Crippen LogP contribution in [0, 0.1) is 0 Å². The van der Waals surface area contributed by atoms with Crippen molar-refractivity contribution in [2.75, 3.05) is 13.7 Å². The second-order valence-corrected chi connectivity index (χ2v) is 6.75. The van der Waals surface area contributed by atoms with Gasteiger partial charge in [-0.05, 0) is 60.9 Å².